The largest absolute Gasteiger partial charge is 0.380 e. The molecule has 1 heterocycles. The quantitative estimate of drug-likeness (QED) is 0.752. The number of benzene rings is 2. The molecule has 0 aliphatic heterocycles. The van der Waals surface area contributed by atoms with Gasteiger partial charge in [-0.05, 0) is 18.2 Å². The second-order valence-electron chi connectivity index (χ2n) is 4.26. The smallest absolute Gasteiger partial charge is 0.177 e. The molecule has 0 radical (unpaired) electrons. The first kappa shape index (κ1) is 12.9. The minimum absolute atomic E-state index is 0.171. The molecule has 2 aromatic carbocycles. The molecule has 0 bridgehead atoms. The summed E-state index contributed by atoms with van der Waals surface area (Å²) in [4.78, 5) is 0. The highest BCUT2D eigenvalue weighted by atomic mass is 79.9. The number of hydrogen-bond acceptors (Lipinski definition) is 3. The lowest BCUT2D eigenvalue weighted by Crippen LogP contribution is -1.91. The van der Waals surface area contributed by atoms with Crippen molar-refractivity contribution in [3.05, 3.63) is 58.8 Å². The van der Waals surface area contributed by atoms with Gasteiger partial charge in [-0.1, -0.05) is 51.4 Å². The first-order chi connectivity index (χ1) is 9.66. The molecule has 0 amide bonds. The van der Waals surface area contributed by atoms with Crippen molar-refractivity contribution in [3.63, 3.8) is 0 Å². The van der Waals surface area contributed by atoms with E-state index in [1.807, 2.05) is 24.3 Å². The van der Waals surface area contributed by atoms with Gasteiger partial charge in [-0.3, -0.25) is 0 Å². The Morgan fingerprint density at radius 2 is 1.90 bits per heavy atom. The molecule has 0 atom stereocenters. The Hall–Kier alpha value is -2.14. The Morgan fingerprint density at radius 1 is 1.10 bits per heavy atom. The van der Waals surface area contributed by atoms with Gasteiger partial charge in [-0.15, -0.1) is 0 Å². The fourth-order valence-corrected chi connectivity index (χ4v) is 2.45. The van der Waals surface area contributed by atoms with E-state index in [1.54, 1.807) is 18.2 Å². The fourth-order valence-electron chi connectivity index (χ4n) is 2.05. The van der Waals surface area contributed by atoms with Crippen LogP contribution in [0.3, 0.4) is 0 Å². The van der Waals surface area contributed by atoms with E-state index in [2.05, 4.69) is 21.1 Å². The van der Waals surface area contributed by atoms with E-state index in [9.17, 15) is 4.39 Å². The third-order valence-corrected chi connectivity index (χ3v) is 3.44. The normalized spacial score (nSPS) is 10.7. The second kappa shape index (κ2) is 5.09. The maximum absolute atomic E-state index is 14.0. The van der Waals surface area contributed by atoms with E-state index in [4.69, 9.17) is 10.3 Å². The molecule has 20 heavy (non-hydrogen) atoms. The maximum Gasteiger partial charge on any atom is 0.177 e. The highest BCUT2D eigenvalue weighted by molar-refractivity contribution is 9.10. The van der Waals surface area contributed by atoms with Crippen LogP contribution in [0, 0.1) is 5.82 Å². The lowest BCUT2D eigenvalue weighted by molar-refractivity contribution is 0.436. The molecule has 3 rings (SSSR count). The number of anilines is 1. The van der Waals surface area contributed by atoms with Gasteiger partial charge in [0.15, 0.2) is 11.6 Å². The van der Waals surface area contributed by atoms with E-state index in [0.717, 1.165) is 10.0 Å². The summed E-state index contributed by atoms with van der Waals surface area (Å²) in [6.45, 7) is 0. The number of nitrogens with two attached hydrogens (primary N) is 1. The lowest BCUT2D eigenvalue weighted by Gasteiger charge is -2.04. The van der Waals surface area contributed by atoms with Gasteiger partial charge in [-0.2, -0.15) is 0 Å². The number of nitrogen functional groups attached to an aromatic ring is 1. The summed E-state index contributed by atoms with van der Waals surface area (Å²) in [5.74, 6) is 0.262. The molecular weight excluding hydrogens is 323 g/mol. The van der Waals surface area contributed by atoms with Crippen LogP contribution in [0.15, 0.2) is 57.5 Å². The molecule has 3 nitrogen and oxygen atoms in total. The molecule has 0 aliphatic rings. The Labute approximate surface area is 123 Å². The van der Waals surface area contributed by atoms with Crippen molar-refractivity contribution in [2.24, 2.45) is 0 Å². The average molecular weight is 333 g/mol. The molecule has 2 N–H and O–H groups in total. The van der Waals surface area contributed by atoms with Gasteiger partial charge >= 0.3 is 0 Å². The van der Waals surface area contributed by atoms with Crippen molar-refractivity contribution in [1.29, 1.82) is 0 Å². The SMILES string of the molecule is Nc1noc(-c2cccc(Br)c2)c1-c1ccccc1F. The van der Waals surface area contributed by atoms with Crippen LogP contribution in [-0.4, -0.2) is 5.16 Å². The van der Waals surface area contributed by atoms with Gasteiger partial charge in [0.2, 0.25) is 0 Å². The monoisotopic (exact) mass is 332 g/mol. The summed E-state index contributed by atoms with van der Waals surface area (Å²) < 4.78 is 20.2. The van der Waals surface area contributed by atoms with Crippen molar-refractivity contribution in [3.8, 4) is 22.5 Å². The number of aromatic nitrogens is 1. The van der Waals surface area contributed by atoms with Gasteiger partial charge in [0, 0.05) is 15.6 Å². The highest BCUT2D eigenvalue weighted by Gasteiger charge is 2.20. The minimum Gasteiger partial charge on any atom is -0.380 e. The first-order valence-electron chi connectivity index (χ1n) is 5.93. The van der Waals surface area contributed by atoms with Crippen molar-refractivity contribution in [2.75, 3.05) is 5.73 Å². The number of halogens is 2. The van der Waals surface area contributed by atoms with E-state index in [0.29, 0.717) is 16.9 Å². The van der Waals surface area contributed by atoms with Crippen LogP contribution in [0.5, 0.6) is 0 Å². The highest BCUT2D eigenvalue weighted by Crippen LogP contribution is 2.38. The Morgan fingerprint density at radius 3 is 2.65 bits per heavy atom. The van der Waals surface area contributed by atoms with Crippen LogP contribution < -0.4 is 5.73 Å². The van der Waals surface area contributed by atoms with Gasteiger partial charge in [0.25, 0.3) is 0 Å². The lowest BCUT2D eigenvalue weighted by atomic mass is 10.0. The molecular formula is C15H10BrFN2O. The zero-order chi connectivity index (χ0) is 14.1. The number of nitrogens with zero attached hydrogens (tertiary/aromatic N) is 1. The van der Waals surface area contributed by atoms with Crippen molar-refractivity contribution in [2.45, 2.75) is 0 Å². The Kier molecular flexibility index (Phi) is 3.28. The number of rotatable bonds is 2. The zero-order valence-electron chi connectivity index (χ0n) is 10.3. The van der Waals surface area contributed by atoms with E-state index in [1.165, 1.54) is 6.07 Å². The van der Waals surface area contributed by atoms with Crippen LogP contribution in [0.2, 0.25) is 0 Å². The fraction of sp³-hybridized carbons (Fsp3) is 0. The average Bonchev–Trinajstić information content (AvgIpc) is 2.81. The first-order valence-corrected chi connectivity index (χ1v) is 6.72. The van der Waals surface area contributed by atoms with Gasteiger partial charge in [-0.25, -0.2) is 4.39 Å². The summed E-state index contributed by atoms with van der Waals surface area (Å²) in [6.07, 6.45) is 0. The Bertz CT molecular complexity index is 770. The van der Waals surface area contributed by atoms with Crippen molar-refractivity contribution < 1.29 is 8.91 Å². The summed E-state index contributed by atoms with van der Waals surface area (Å²) in [6, 6.07) is 13.9. The molecule has 0 unspecified atom stereocenters. The van der Waals surface area contributed by atoms with Crippen LogP contribution in [0.4, 0.5) is 10.2 Å². The van der Waals surface area contributed by atoms with Gasteiger partial charge < -0.3 is 10.3 Å². The summed E-state index contributed by atoms with van der Waals surface area (Å²) in [5, 5.41) is 3.76. The van der Waals surface area contributed by atoms with Crippen LogP contribution in [0.25, 0.3) is 22.5 Å². The van der Waals surface area contributed by atoms with Gasteiger partial charge in [0.05, 0.1) is 5.56 Å². The minimum atomic E-state index is -0.362. The second-order valence-corrected chi connectivity index (χ2v) is 5.18. The Balaban J connectivity index is 2.23. The number of hydrogen-bond donors (Lipinski definition) is 1. The van der Waals surface area contributed by atoms with Crippen LogP contribution in [-0.2, 0) is 0 Å². The molecule has 0 spiro atoms. The molecule has 0 saturated heterocycles. The molecule has 5 heteroatoms. The van der Waals surface area contributed by atoms with Crippen LogP contribution >= 0.6 is 15.9 Å². The molecule has 3 aromatic rings. The predicted molar refractivity (Wildman–Crippen MR) is 79.4 cm³/mol. The predicted octanol–water partition coefficient (Wildman–Crippen LogP) is 4.49. The topological polar surface area (TPSA) is 52.0 Å². The zero-order valence-corrected chi connectivity index (χ0v) is 11.9. The van der Waals surface area contributed by atoms with E-state index >= 15 is 0 Å². The van der Waals surface area contributed by atoms with Crippen molar-refractivity contribution in [1.82, 2.24) is 5.16 Å². The molecule has 100 valence electrons. The van der Waals surface area contributed by atoms with Gasteiger partial charge in [0.1, 0.15) is 5.82 Å². The summed E-state index contributed by atoms with van der Waals surface area (Å²) in [5.41, 5.74) is 7.46. The summed E-state index contributed by atoms with van der Waals surface area (Å²) >= 11 is 3.39. The molecule has 0 fully saturated rings. The van der Waals surface area contributed by atoms with Crippen LogP contribution in [0.1, 0.15) is 0 Å². The van der Waals surface area contributed by atoms with E-state index < -0.39 is 0 Å². The third-order valence-electron chi connectivity index (χ3n) is 2.95. The maximum atomic E-state index is 14.0. The molecule has 1 aromatic heterocycles. The van der Waals surface area contributed by atoms with Crippen molar-refractivity contribution >= 4 is 21.7 Å². The summed E-state index contributed by atoms with van der Waals surface area (Å²) in [7, 11) is 0. The standard InChI is InChI=1S/C15H10BrFN2O/c16-10-5-3-4-9(8-10)14-13(15(18)19-20-14)11-6-1-2-7-12(11)17/h1-8H,(H2,18,19). The van der Waals surface area contributed by atoms with E-state index in [-0.39, 0.29) is 11.6 Å². The molecule has 0 aliphatic carbocycles. The molecule has 0 saturated carbocycles. The third kappa shape index (κ3) is 2.20.